The molecule has 0 saturated carbocycles. The highest BCUT2D eigenvalue weighted by atomic mass is 16.5. The van der Waals surface area contributed by atoms with E-state index in [2.05, 4.69) is 20.1 Å². The summed E-state index contributed by atoms with van der Waals surface area (Å²) in [5, 5.41) is 7.51. The minimum Gasteiger partial charge on any atom is -0.465 e. The van der Waals surface area contributed by atoms with E-state index in [0.29, 0.717) is 19.0 Å². The molecule has 0 bridgehead atoms. The van der Waals surface area contributed by atoms with Crippen molar-refractivity contribution in [2.45, 2.75) is 32.2 Å². The lowest BCUT2D eigenvalue weighted by molar-refractivity contribution is -0.137. The summed E-state index contributed by atoms with van der Waals surface area (Å²) in [6, 6.07) is 4.04. The second-order valence-electron chi connectivity index (χ2n) is 7.80. The van der Waals surface area contributed by atoms with Crippen LogP contribution in [0.3, 0.4) is 0 Å². The number of fused-ring (bicyclic) bond motifs is 1. The molecule has 2 aromatic rings. The van der Waals surface area contributed by atoms with Gasteiger partial charge in [0.05, 0.1) is 12.0 Å². The van der Waals surface area contributed by atoms with Gasteiger partial charge < -0.3 is 14.1 Å². The van der Waals surface area contributed by atoms with Crippen molar-refractivity contribution in [3.63, 3.8) is 0 Å². The minimum atomic E-state index is -0.129. The summed E-state index contributed by atoms with van der Waals surface area (Å²) >= 11 is 0. The zero-order valence-electron chi connectivity index (χ0n) is 16.2. The van der Waals surface area contributed by atoms with Gasteiger partial charge in [0.1, 0.15) is 24.0 Å². The molecule has 2 fully saturated rings. The minimum absolute atomic E-state index is 0.0531. The Balaban J connectivity index is 1.57. The van der Waals surface area contributed by atoms with Crippen molar-refractivity contribution in [2.75, 3.05) is 39.9 Å². The van der Waals surface area contributed by atoms with Crippen LogP contribution in [0.15, 0.2) is 16.5 Å². The van der Waals surface area contributed by atoms with Crippen LogP contribution in [-0.4, -0.2) is 70.8 Å². The fraction of sp³-hybridized carbons (Fsp3) is 0.632. The summed E-state index contributed by atoms with van der Waals surface area (Å²) in [5.41, 5.74) is -0.129. The molecule has 4 rings (SSSR count). The molecule has 1 N–H and O–H groups in total. The van der Waals surface area contributed by atoms with Crippen LogP contribution in [0.1, 0.15) is 29.6 Å². The molecule has 4 heterocycles. The zero-order chi connectivity index (χ0) is 19.0. The highest BCUT2D eigenvalue weighted by Gasteiger charge is 2.53. The van der Waals surface area contributed by atoms with Crippen LogP contribution < -0.4 is 0 Å². The first-order valence-corrected chi connectivity index (χ1v) is 9.44. The van der Waals surface area contributed by atoms with Crippen molar-refractivity contribution >= 4 is 5.91 Å². The van der Waals surface area contributed by atoms with Crippen molar-refractivity contribution in [3.05, 3.63) is 35.3 Å². The largest absolute Gasteiger partial charge is 0.465 e. The quantitative estimate of drug-likeness (QED) is 0.849. The summed E-state index contributed by atoms with van der Waals surface area (Å²) in [7, 11) is 1.56. The van der Waals surface area contributed by atoms with E-state index in [-0.39, 0.29) is 17.9 Å². The van der Waals surface area contributed by atoms with Crippen LogP contribution >= 0.6 is 0 Å². The van der Waals surface area contributed by atoms with Gasteiger partial charge >= 0.3 is 0 Å². The van der Waals surface area contributed by atoms with Crippen LogP contribution in [0.5, 0.6) is 0 Å². The van der Waals surface area contributed by atoms with Crippen LogP contribution in [0.4, 0.5) is 0 Å². The number of piperidine rings is 1. The number of nitrogens with one attached hydrogen (secondary N) is 1. The number of aromatic amines is 1. The third-order valence-electron chi connectivity index (χ3n) is 5.87. The van der Waals surface area contributed by atoms with E-state index in [1.165, 1.54) is 0 Å². The van der Waals surface area contributed by atoms with Gasteiger partial charge in [0.25, 0.3) is 0 Å². The van der Waals surface area contributed by atoms with Gasteiger partial charge in [-0.1, -0.05) is 0 Å². The predicted octanol–water partition coefficient (Wildman–Crippen LogP) is 1.26. The summed E-state index contributed by atoms with van der Waals surface area (Å²) in [6.07, 6.45) is 0.859. The number of ether oxygens (including phenoxy) is 1. The molecular formula is C19H27N5O3. The van der Waals surface area contributed by atoms with Crippen LogP contribution in [0.2, 0.25) is 0 Å². The van der Waals surface area contributed by atoms with Gasteiger partial charge in [-0.25, -0.2) is 4.98 Å². The number of furan rings is 1. The number of aromatic nitrogens is 3. The number of likely N-dealkylation sites (tertiary alicyclic amines) is 2. The van der Waals surface area contributed by atoms with Gasteiger partial charge in [-0.2, -0.15) is 5.10 Å². The number of carbonyl (C=O) groups is 1. The van der Waals surface area contributed by atoms with Gasteiger partial charge in [-0.05, 0) is 32.4 Å². The molecular weight excluding hydrogens is 346 g/mol. The molecule has 2 aliphatic heterocycles. The average molecular weight is 373 g/mol. The number of rotatable bonds is 5. The molecule has 2 aliphatic rings. The Kier molecular flexibility index (Phi) is 4.77. The molecule has 27 heavy (non-hydrogen) atoms. The van der Waals surface area contributed by atoms with E-state index in [9.17, 15) is 4.79 Å². The maximum Gasteiger partial charge on any atom is 0.248 e. The fourth-order valence-electron chi connectivity index (χ4n) is 4.57. The number of hydrogen-bond acceptors (Lipinski definition) is 6. The summed E-state index contributed by atoms with van der Waals surface area (Å²) in [5.74, 6) is 3.95. The van der Waals surface area contributed by atoms with Gasteiger partial charge in [0.2, 0.25) is 5.91 Å². The molecule has 0 aromatic carbocycles. The van der Waals surface area contributed by atoms with Gasteiger partial charge in [0.15, 0.2) is 5.82 Å². The molecule has 2 saturated heterocycles. The molecule has 0 aliphatic carbocycles. The van der Waals surface area contributed by atoms with E-state index in [1.54, 1.807) is 7.11 Å². The van der Waals surface area contributed by atoms with Crippen molar-refractivity contribution in [3.8, 4) is 0 Å². The van der Waals surface area contributed by atoms with E-state index in [1.807, 2.05) is 30.9 Å². The Morgan fingerprint density at radius 2 is 2.26 bits per heavy atom. The first-order valence-electron chi connectivity index (χ1n) is 9.44. The molecule has 1 amide bonds. The van der Waals surface area contributed by atoms with Gasteiger partial charge in [-0.3, -0.25) is 14.8 Å². The SMILES string of the molecule is COCC(=O)N1CC[C@@]2(c3n[nH]c(C)n3)CN(Cc3ccc(C)o3)C[C@H]2C1. The van der Waals surface area contributed by atoms with E-state index in [4.69, 9.17) is 9.15 Å². The zero-order valence-corrected chi connectivity index (χ0v) is 16.2. The summed E-state index contributed by atoms with van der Waals surface area (Å²) in [6.45, 7) is 7.98. The lowest BCUT2D eigenvalue weighted by Crippen LogP contribution is -2.52. The lowest BCUT2D eigenvalue weighted by atomic mass is 9.72. The average Bonchev–Trinajstić information content (AvgIpc) is 3.33. The van der Waals surface area contributed by atoms with Crippen molar-refractivity contribution in [1.82, 2.24) is 25.0 Å². The maximum atomic E-state index is 12.3. The maximum absolute atomic E-state index is 12.3. The molecule has 0 radical (unpaired) electrons. The Bertz CT molecular complexity index is 816. The molecule has 0 spiro atoms. The first-order chi connectivity index (χ1) is 13.0. The van der Waals surface area contributed by atoms with E-state index in [0.717, 1.165) is 49.2 Å². The molecule has 0 unspecified atom stereocenters. The Hall–Kier alpha value is -2.19. The molecule has 8 heteroatoms. The number of nitrogens with zero attached hydrogens (tertiary/aromatic N) is 4. The Morgan fingerprint density at radius 1 is 1.41 bits per heavy atom. The van der Waals surface area contributed by atoms with Gasteiger partial charge in [-0.15, -0.1) is 0 Å². The number of hydrogen-bond donors (Lipinski definition) is 1. The number of carbonyl (C=O) groups excluding carboxylic acids is 1. The monoisotopic (exact) mass is 373 g/mol. The molecule has 8 nitrogen and oxygen atoms in total. The van der Waals surface area contributed by atoms with E-state index >= 15 is 0 Å². The van der Waals surface area contributed by atoms with Crippen LogP contribution in [0.25, 0.3) is 0 Å². The predicted molar refractivity (Wildman–Crippen MR) is 98.1 cm³/mol. The van der Waals surface area contributed by atoms with Gasteiger partial charge in [0, 0.05) is 39.2 Å². The molecule has 146 valence electrons. The van der Waals surface area contributed by atoms with Crippen LogP contribution in [0, 0.1) is 19.8 Å². The highest BCUT2D eigenvalue weighted by molar-refractivity contribution is 5.77. The highest BCUT2D eigenvalue weighted by Crippen LogP contribution is 2.44. The molecule has 2 atom stereocenters. The number of aryl methyl sites for hydroxylation is 2. The number of H-pyrrole nitrogens is 1. The summed E-state index contributed by atoms with van der Waals surface area (Å²) < 4.78 is 10.8. The Morgan fingerprint density at radius 3 is 2.93 bits per heavy atom. The fourth-order valence-corrected chi connectivity index (χ4v) is 4.57. The van der Waals surface area contributed by atoms with Crippen LogP contribution in [-0.2, 0) is 21.5 Å². The summed E-state index contributed by atoms with van der Waals surface area (Å²) in [4.78, 5) is 21.3. The van der Waals surface area contributed by atoms with Crippen molar-refractivity contribution in [2.24, 2.45) is 5.92 Å². The standard InChI is InChI=1S/C19H27N5O3/c1-13-4-5-16(27-13)10-23-8-15-9-24(17(25)11-26-3)7-6-19(15,12-23)18-20-14(2)21-22-18/h4-5,15H,6-12H2,1-3H3,(H,20,21,22)/t15-,19+/m0/s1. The van der Waals surface area contributed by atoms with Crippen molar-refractivity contribution in [1.29, 1.82) is 0 Å². The smallest absolute Gasteiger partial charge is 0.248 e. The third-order valence-corrected chi connectivity index (χ3v) is 5.87. The molecule has 2 aromatic heterocycles. The third kappa shape index (κ3) is 3.39. The first kappa shape index (κ1) is 18.2. The topological polar surface area (TPSA) is 87.5 Å². The second-order valence-corrected chi connectivity index (χ2v) is 7.80. The van der Waals surface area contributed by atoms with Crippen molar-refractivity contribution < 1.29 is 13.9 Å². The second kappa shape index (κ2) is 7.09. The number of methoxy groups -OCH3 is 1. The number of amides is 1. The Labute approximate surface area is 158 Å². The lowest BCUT2D eigenvalue weighted by Gasteiger charge is -2.41. The van der Waals surface area contributed by atoms with E-state index < -0.39 is 0 Å². The normalized spacial score (nSPS) is 25.7.